The lowest BCUT2D eigenvalue weighted by Crippen LogP contribution is -2.15. The molecule has 0 aliphatic rings. The topological polar surface area (TPSA) is 82.2 Å². The van der Waals surface area contributed by atoms with E-state index >= 15 is 0 Å². The number of halogens is 1. The lowest BCUT2D eigenvalue weighted by Gasteiger charge is -2.08. The van der Waals surface area contributed by atoms with E-state index in [2.05, 4.69) is 39.8 Å². The molecule has 5 rings (SSSR count). The van der Waals surface area contributed by atoms with Crippen LogP contribution in [0.4, 0.5) is 5.69 Å². The van der Waals surface area contributed by atoms with Crippen LogP contribution in [0.25, 0.3) is 10.8 Å². The van der Waals surface area contributed by atoms with E-state index in [0.717, 1.165) is 5.56 Å². The van der Waals surface area contributed by atoms with E-state index in [1.165, 1.54) is 10.8 Å². The first-order valence-corrected chi connectivity index (χ1v) is 11.1. The van der Waals surface area contributed by atoms with Gasteiger partial charge in [0.05, 0.1) is 29.0 Å². The molecule has 0 saturated carbocycles. The van der Waals surface area contributed by atoms with Crippen molar-refractivity contribution < 1.29 is 14.1 Å². The molecule has 170 valence electrons. The van der Waals surface area contributed by atoms with Crippen LogP contribution in [-0.4, -0.2) is 20.8 Å². The Hall–Kier alpha value is -4.10. The van der Waals surface area contributed by atoms with Gasteiger partial charge in [-0.2, -0.15) is 5.10 Å². The summed E-state index contributed by atoms with van der Waals surface area (Å²) in [6.45, 7) is 2.41. The molecule has 0 radical (unpaired) electrons. The lowest BCUT2D eigenvalue weighted by molar-refractivity contribution is 0.101. The minimum absolute atomic E-state index is 0.0994. The molecule has 0 spiro atoms. The van der Waals surface area contributed by atoms with Gasteiger partial charge in [-0.3, -0.25) is 9.48 Å². The van der Waals surface area contributed by atoms with Gasteiger partial charge in [-0.15, -0.1) is 0 Å². The lowest BCUT2D eigenvalue weighted by atomic mass is 10.0. The molecule has 0 unspecified atom stereocenters. The van der Waals surface area contributed by atoms with Crippen molar-refractivity contribution in [2.45, 2.75) is 20.1 Å². The van der Waals surface area contributed by atoms with Crippen molar-refractivity contribution in [3.63, 3.8) is 0 Å². The van der Waals surface area contributed by atoms with E-state index in [0.29, 0.717) is 34.3 Å². The van der Waals surface area contributed by atoms with Crippen LogP contribution in [0.2, 0.25) is 5.02 Å². The van der Waals surface area contributed by atoms with E-state index in [-0.39, 0.29) is 12.3 Å². The smallest absolute Gasteiger partial charge is 0.278 e. The number of fused-ring (bicyclic) bond motifs is 1. The zero-order valence-corrected chi connectivity index (χ0v) is 19.1. The van der Waals surface area contributed by atoms with Gasteiger partial charge >= 0.3 is 0 Å². The quantitative estimate of drug-likeness (QED) is 0.320. The van der Waals surface area contributed by atoms with Gasteiger partial charge in [0, 0.05) is 6.20 Å². The van der Waals surface area contributed by atoms with Crippen LogP contribution in [0.5, 0.6) is 5.75 Å². The number of aromatic nitrogens is 3. The van der Waals surface area contributed by atoms with E-state index in [1.54, 1.807) is 36.1 Å². The first-order valence-electron chi connectivity index (χ1n) is 10.7. The highest BCUT2D eigenvalue weighted by Gasteiger charge is 2.21. The molecule has 0 saturated heterocycles. The Kier molecular flexibility index (Phi) is 6.01. The van der Waals surface area contributed by atoms with Crippen LogP contribution < -0.4 is 10.1 Å². The Balaban J connectivity index is 1.29. The van der Waals surface area contributed by atoms with Crippen LogP contribution >= 0.6 is 11.6 Å². The predicted molar refractivity (Wildman–Crippen MR) is 130 cm³/mol. The van der Waals surface area contributed by atoms with Gasteiger partial charge < -0.3 is 14.6 Å². The number of hydrogen-bond acceptors (Lipinski definition) is 5. The SMILES string of the molecule is Cc1onc(C(=O)Nc2cnn(Cc3cccc4ccccc34)c2)c1COc1ccccc1Cl. The van der Waals surface area contributed by atoms with Gasteiger partial charge in [0.25, 0.3) is 5.91 Å². The van der Waals surface area contributed by atoms with Crippen molar-refractivity contribution in [3.05, 3.63) is 107 Å². The maximum atomic E-state index is 12.9. The summed E-state index contributed by atoms with van der Waals surface area (Å²) in [4.78, 5) is 12.9. The molecule has 0 aliphatic carbocycles. The summed E-state index contributed by atoms with van der Waals surface area (Å²) >= 11 is 6.15. The fraction of sp³-hybridized carbons (Fsp3) is 0.115. The fourth-order valence-corrected chi connectivity index (χ4v) is 3.95. The van der Waals surface area contributed by atoms with E-state index in [4.69, 9.17) is 20.9 Å². The van der Waals surface area contributed by atoms with Gasteiger partial charge in [0.2, 0.25) is 0 Å². The highest BCUT2D eigenvalue weighted by Crippen LogP contribution is 2.26. The third-order valence-corrected chi connectivity index (χ3v) is 5.82. The maximum absolute atomic E-state index is 12.9. The summed E-state index contributed by atoms with van der Waals surface area (Å²) in [5, 5.41) is 14.0. The van der Waals surface area contributed by atoms with Crippen LogP contribution in [0, 0.1) is 6.92 Å². The largest absolute Gasteiger partial charge is 0.487 e. The molecule has 8 heteroatoms. The minimum Gasteiger partial charge on any atom is -0.487 e. The maximum Gasteiger partial charge on any atom is 0.278 e. The Labute approximate surface area is 200 Å². The number of amides is 1. The van der Waals surface area contributed by atoms with E-state index < -0.39 is 5.91 Å². The van der Waals surface area contributed by atoms with Crippen LogP contribution in [-0.2, 0) is 13.2 Å². The number of carbonyl (C=O) groups is 1. The molecule has 3 aromatic carbocycles. The third kappa shape index (κ3) is 4.51. The third-order valence-electron chi connectivity index (χ3n) is 5.51. The number of nitrogens with one attached hydrogen (secondary N) is 1. The van der Waals surface area contributed by atoms with Crippen molar-refractivity contribution in [2.75, 3.05) is 5.32 Å². The molecule has 5 aromatic rings. The molecular formula is C26H21ClN4O3. The Morgan fingerprint density at radius 3 is 2.76 bits per heavy atom. The zero-order chi connectivity index (χ0) is 23.5. The zero-order valence-electron chi connectivity index (χ0n) is 18.4. The molecule has 0 aliphatic heterocycles. The first-order chi connectivity index (χ1) is 16.6. The summed E-state index contributed by atoms with van der Waals surface area (Å²) in [7, 11) is 0. The number of benzene rings is 3. The van der Waals surface area contributed by atoms with Crippen LogP contribution in [0.1, 0.15) is 27.4 Å². The number of nitrogens with zero attached hydrogens (tertiary/aromatic N) is 3. The number of anilines is 1. The average molecular weight is 473 g/mol. The molecular weight excluding hydrogens is 452 g/mol. The normalized spacial score (nSPS) is 11.0. The second kappa shape index (κ2) is 9.41. The van der Waals surface area contributed by atoms with Crippen LogP contribution in [0.3, 0.4) is 0 Å². The molecule has 0 bridgehead atoms. The molecule has 1 amide bonds. The highest BCUT2D eigenvalue weighted by atomic mass is 35.5. The predicted octanol–water partition coefficient (Wildman–Crippen LogP) is 5.87. The van der Waals surface area contributed by atoms with E-state index in [9.17, 15) is 4.79 Å². The van der Waals surface area contributed by atoms with Crippen molar-refractivity contribution in [1.82, 2.24) is 14.9 Å². The average Bonchev–Trinajstić information content (AvgIpc) is 3.44. The molecule has 0 atom stereocenters. The van der Waals surface area contributed by atoms with Crippen molar-refractivity contribution >= 4 is 34.0 Å². The molecule has 1 N–H and O–H groups in total. The van der Waals surface area contributed by atoms with Crippen LogP contribution in [0.15, 0.2) is 83.6 Å². The molecule has 34 heavy (non-hydrogen) atoms. The second-order valence-corrected chi connectivity index (χ2v) is 8.21. The van der Waals surface area contributed by atoms with Gasteiger partial charge in [0.1, 0.15) is 18.1 Å². The number of carbonyl (C=O) groups excluding carboxylic acids is 1. The molecule has 0 fully saturated rings. The molecule has 2 heterocycles. The van der Waals surface area contributed by atoms with Gasteiger partial charge in [0.15, 0.2) is 5.69 Å². The fourth-order valence-electron chi connectivity index (χ4n) is 3.76. The summed E-state index contributed by atoms with van der Waals surface area (Å²) in [5.74, 6) is 0.619. The van der Waals surface area contributed by atoms with Gasteiger partial charge in [-0.1, -0.05) is 71.4 Å². The van der Waals surface area contributed by atoms with Crippen molar-refractivity contribution in [2.24, 2.45) is 0 Å². The number of para-hydroxylation sites is 1. The van der Waals surface area contributed by atoms with Crippen molar-refractivity contribution in [1.29, 1.82) is 0 Å². The monoisotopic (exact) mass is 472 g/mol. The molecule has 2 aromatic heterocycles. The Bertz CT molecular complexity index is 1470. The number of aryl methyl sites for hydroxylation is 1. The first kappa shape index (κ1) is 21.7. The highest BCUT2D eigenvalue weighted by molar-refractivity contribution is 6.32. The standard InChI is InChI=1S/C26H21ClN4O3/c1-17-22(16-33-24-12-5-4-11-23(24)27)25(30-34-17)26(32)29-20-13-28-31(15-20)14-19-9-6-8-18-7-2-3-10-21(18)19/h2-13,15H,14,16H2,1H3,(H,29,32). The summed E-state index contributed by atoms with van der Waals surface area (Å²) in [5.41, 5.74) is 2.42. The summed E-state index contributed by atoms with van der Waals surface area (Å²) < 4.78 is 12.8. The number of hydrogen-bond donors (Lipinski definition) is 1. The van der Waals surface area contributed by atoms with Gasteiger partial charge in [-0.25, -0.2) is 0 Å². The Morgan fingerprint density at radius 1 is 1.09 bits per heavy atom. The summed E-state index contributed by atoms with van der Waals surface area (Å²) in [6, 6.07) is 21.5. The Morgan fingerprint density at radius 2 is 1.88 bits per heavy atom. The van der Waals surface area contributed by atoms with E-state index in [1.807, 2.05) is 30.3 Å². The number of rotatable bonds is 7. The second-order valence-electron chi connectivity index (χ2n) is 7.80. The van der Waals surface area contributed by atoms with Gasteiger partial charge in [-0.05, 0) is 35.4 Å². The number of ether oxygens (including phenoxy) is 1. The minimum atomic E-state index is -0.403. The van der Waals surface area contributed by atoms with Crippen molar-refractivity contribution in [3.8, 4) is 5.75 Å². The molecule has 7 nitrogen and oxygen atoms in total. The summed E-state index contributed by atoms with van der Waals surface area (Å²) in [6.07, 6.45) is 3.39.